The van der Waals surface area contributed by atoms with E-state index < -0.39 is 0 Å². The van der Waals surface area contributed by atoms with Crippen molar-refractivity contribution in [1.29, 1.82) is 5.26 Å². The Morgan fingerprint density at radius 1 is 1.47 bits per heavy atom. The number of nitriles is 1. The van der Waals surface area contributed by atoms with Crippen LogP contribution >= 0.6 is 0 Å². The minimum atomic E-state index is -0.365. The van der Waals surface area contributed by atoms with Crippen molar-refractivity contribution >= 4 is 11.6 Å². The molecular formula is C14H13N3O2. The third-order valence-corrected chi connectivity index (χ3v) is 2.60. The molecule has 5 nitrogen and oxygen atoms in total. The first-order valence-corrected chi connectivity index (χ1v) is 5.86. The number of hydrogen-bond acceptors (Lipinski definition) is 4. The lowest BCUT2D eigenvalue weighted by atomic mass is 10.1. The maximum absolute atomic E-state index is 12.1. The molecule has 0 radical (unpaired) electrons. The quantitative estimate of drug-likeness (QED) is 0.914. The van der Waals surface area contributed by atoms with Crippen molar-refractivity contribution in [2.45, 2.75) is 19.8 Å². The Kier molecular flexibility index (Phi) is 3.62. The van der Waals surface area contributed by atoms with Crippen LogP contribution in [0.2, 0.25) is 0 Å². The maximum atomic E-state index is 12.1. The summed E-state index contributed by atoms with van der Waals surface area (Å²) in [6.07, 6.45) is 1.26. The van der Waals surface area contributed by atoms with Gasteiger partial charge in [0.05, 0.1) is 17.3 Å². The Hall–Kier alpha value is -2.61. The van der Waals surface area contributed by atoms with Crippen LogP contribution in [0.4, 0.5) is 5.69 Å². The molecule has 0 saturated heterocycles. The van der Waals surface area contributed by atoms with Gasteiger partial charge in [0.15, 0.2) is 6.39 Å². The van der Waals surface area contributed by atoms with Crippen molar-refractivity contribution in [3.63, 3.8) is 0 Å². The number of rotatable bonds is 3. The predicted molar refractivity (Wildman–Crippen MR) is 69.7 cm³/mol. The zero-order chi connectivity index (χ0) is 13.8. The van der Waals surface area contributed by atoms with Crippen molar-refractivity contribution in [2.75, 3.05) is 5.32 Å². The Labute approximate surface area is 110 Å². The molecule has 1 aromatic carbocycles. The van der Waals surface area contributed by atoms with E-state index >= 15 is 0 Å². The summed E-state index contributed by atoms with van der Waals surface area (Å²) in [5, 5.41) is 11.5. The molecule has 0 spiro atoms. The number of carbonyl (C=O) groups is 1. The molecule has 1 heterocycles. The van der Waals surface area contributed by atoms with Gasteiger partial charge in [0.1, 0.15) is 0 Å². The van der Waals surface area contributed by atoms with E-state index in [2.05, 4.69) is 10.3 Å². The molecule has 0 fully saturated rings. The third-order valence-electron chi connectivity index (χ3n) is 2.60. The van der Waals surface area contributed by atoms with Crippen LogP contribution in [0.25, 0.3) is 0 Å². The van der Waals surface area contributed by atoms with Gasteiger partial charge in [-0.15, -0.1) is 0 Å². The first-order chi connectivity index (χ1) is 9.11. The van der Waals surface area contributed by atoms with Crippen molar-refractivity contribution in [3.05, 3.63) is 47.7 Å². The molecule has 0 saturated carbocycles. The van der Waals surface area contributed by atoms with E-state index in [4.69, 9.17) is 9.68 Å². The van der Waals surface area contributed by atoms with Crippen LogP contribution in [0.3, 0.4) is 0 Å². The molecule has 0 bridgehead atoms. The third kappa shape index (κ3) is 2.80. The fourth-order valence-electron chi connectivity index (χ4n) is 1.69. The largest absolute Gasteiger partial charge is 0.438 e. The highest BCUT2D eigenvalue weighted by molar-refractivity contribution is 6.03. The Bertz CT molecular complexity index is 638. The summed E-state index contributed by atoms with van der Waals surface area (Å²) in [7, 11) is 0. The van der Waals surface area contributed by atoms with Gasteiger partial charge in [0, 0.05) is 5.69 Å². The summed E-state index contributed by atoms with van der Waals surface area (Å²) in [4.78, 5) is 16.1. The highest BCUT2D eigenvalue weighted by atomic mass is 16.3. The minimum Gasteiger partial charge on any atom is -0.438 e. The van der Waals surface area contributed by atoms with Gasteiger partial charge >= 0.3 is 0 Å². The zero-order valence-corrected chi connectivity index (χ0v) is 10.7. The SMILES string of the molecule is CC(C)c1ncoc1C(=O)Nc1cccc(C#N)c1. The van der Waals surface area contributed by atoms with Crippen LogP contribution in [-0.4, -0.2) is 10.9 Å². The van der Waals surface area contributed by atoms with Crippen LogP contribution in [0.1, 0.15) is 41.6 Å². The number of hydrogen-bond donors (Lipinski definition) is 1. The summed E-state index contributed by atoms with van der Waals surface area (Å²) in [5.74, 6) is -0.0569. The van der Waals surface area contributed by atoms with E-state index in [1.807, 2.05) is 19.9 Å². The molecule has 1 amide bonds. The molecule has 19 heavy (non-hydrogen) atoms. The Morgan fingerprint density at radius 2 is 2.26 bits per heavy atom. The fraction of sp³-hybridized carbons (Fsp3) is 0.214. The first-order valence-electron chi connectivity index (χ1n) is 5.86. The second kappa shape index (κ2) is 5.36. The monoisotopic (exact) mass is 255 g/mol. The molecule has 0 unspecified atom stereocenters. The molecule has 2 rings (SSSR count). The normalized spacial score (nSPS) is 10.2. The van der Waals surface area contributed by atoms with E-state index in [1.54, 1.807) is 24.3 Å². The van der Waals surface area contributed by atoms with E-state index in [9.17, 15) is 4.79 Å². The van der Waals surface area contributed by atoms with Crippen molar-refractivity contribution in [2.24, 2.45) is 0 Å². The summed E-state index contributed by atoms with van der Waals surface area (Å²) < 4.78 is 5.13. The summed E-state index contributed by atoms with van der Waals surface area (Å²) in [5.41, 5.74) is 1.66. The van der Waals surface area contributed by atoms with Gasteiger partial charge in [-0.25, -0.2) is 4.98 Å². The Morgan fingerprint density at radius 3 is 2.95 bits per heavy atom. The number of benzene rings is 1. The highest BCUT2D eigenvalue weighted by Gasteiger charge is 2.19. The molecule has 2 aromatic rings. The van der Waals surface area contributed by atoms with Crippen molar-refractivity contribution < 1.29 is 9.21 Å². The molecule has 0 aliphatic heterocycles. The number of anilines is 1. The van der Waals surface area contributed by atoms with Gasteiger partial charge in [-0.1, -0.05) is 19.9 Å². The predicted octanol–water partition coefficient (Wildman–Crippen LogP) is 2.92. The standard InChI is InChI=1S/C14H13N3O2/c1-9(2)12-13(19-8-16-12)14(18)17-11-5-3-4-10(6-11)7-15/h3-6,8-9H,1-2H3,(H,17,18). The number of oxazole rings is 1. The van der Waals surface area contributed by atoms with Crippen molar-refractivity contribution in [1.82, 2.24) is 4.98 Å². The van der Waals surface area contributed by atoms with Crippen LogP contribution in [0.5, 0.6) is 0 Å². The van der Waals surface area contributed by atoms with E-state index in [-0.39, 0.29) is 17.6 Å². The molecule has 1 aromatic heterocycles. The van der Waals surface area contributed by atoms with Gasteiger partial charge in [-0.3, -0.25) is 4.79 Å². The molecule has 0 atom stereocenters. The fourth-order valence-corrected chi connectivity index (χ4v) is 1.69. The average molecular weight is 255 g/mol. The second-order valence-electron chi connectivity index (χ2n) is 4.37. The highest BCUT2D eigenvalue weighted by Crippen LogP contribution is 2.19. The van der Waals surface area contributed by atoms with Crippen LogP contribution in [0, 0.1) is 11.3 Å². The lowest BCUT2D eigenvalue weighted by Crippen LogP contribution is -2.13. The Balaban J connectivity index is 2.21. The van der Waals surface area contributed by atoms with Crippen LogP contribution in [0.15, 0.2) is 35.1 Å². The van der Waals surface area contributed by atoms with Gasteiger partial charge in [0.2, 0.25) is 5.76 Å². The molecular weight excluding hydrogens is 242 g/mol. The minimum absolute atomic E-state index is 0.102. The van der Waals surface area contributed by atoms with Gasteiger partial charge in [-0.05, 0) is 24.1 Å². The zero-order valence-electron chi connectivity index (χ0n) is 10.7. The van der Waals surface area contributed by atoms with Gasteiger partial charge in [-0.2, -0.15) is 5.26 Å². The van der Waals surface area contributed by atoms with Crippen LogP contribution in [-0.2, 0) is 0 Å². The number of carbonyl (C=O) groups excluding carboxylic acids is 1. The van der Waals surface area contributed by atoms with Gasteiger partial charge in [0.25, 0.3) is 5.91 Å². The number of aromatic nitrogens is 1. The first kappa shape index (κ1) is 12.8. The van der Waals surface area contributed by atoms with E-state index in [0.29, 0.717) is 16.9 Å². The summed E-state index contributed by atoms with van der Waals surface area (Å²) in [6.45, 7) is 3.87. The lowest BCUT2D eigenvalue weighted by Gasteiger charge is -2.06. The van der Waals surface area contributed by atoms with Crippen LogP contribution < -0.4 is 5.32 Å². The smallest absolute Gasteiger partial charge is 0.293 e. The second-order valence-corrected chi connectivity index (χ2v) is 4.37. The lowest BCUT2D eigenvalue weighted by molar-refractivity contribution is 0.0995. The van der Waals surface area contributed by atoms with E-state index in [1.165, 1.54) is 6.39 Å². The number of nitrogens with one attached hydrogen (secondary N) is 1. The molecule has 5 heteroatoms. The number of amides is 1. The number of nitrogens with zero attached hydrogens (tertiary/aromatic N) is 2. The van der Waals surface area contributed by atoms with Crippen molar-refractivity contribution in [3.8, 4) is 6.07 Å². The molecule has 0 aliphatic carbocycles. The molecule has 96 valence electrons. The summed E-state index contributed by atoms with van der Waals surface area (Å²) >= 11 is 0. The maximum Gasteiger partial charge on any atom is 0.293 e. The average Bonchev–Trinajstić information content (AvgIpc) is 2.88. The summed E-state index contributed by atoms with van der Waals surface area (Å²) in [6, 6.07) is 8.71. The molecule has 0 aliphatic rings. The van der Waals surface area contributed by atoms with Gasteiger partial charge < -0.3 is 9.73 Å². The topological polar surface area (TPSA) is 78.9 Å². The van der Waals surface area contributed by atoms with E-state index in [0.717, 1.165) is 0 Å². The molecule has 1 N–H and O–H groups in total.